The van der Waals surface area contributed by atoms with Crippen LogP contribution < -0.4 is 20.5 Å². The van der Waals surface area contributed by atoms with E-state index in [0.29, 0.717) is 24.7 Å². The van der Waals surface area contributed by atoms with Crippen molar-refractivity contribution in [2.24, 2.45) is 5.73 Å². The second-order valence-corrected chi connectivity index (χ2v) is 5.89. The molecule has 2 rings (SSSR count). The lowest BCUT2D eigenvalue weighted by Crippen LogP contribution is -2.37. The Bertz CT molecular complexity index is 956. The fraction of sp³-hybridized carbons (Fsp3) is 0.238. The molecule has 9 heteroatoms. The highest BCUT2D eigenvalue weighted by molar-refractivity contribution is 6.14. The quantitative estimate of drug-likeness (QED) is 0.474. The third-order valence-corrected chi connectivity index (χ3v) is 3.79. The molecule has 0 aliphatic carbocycles. The van der Waals surface area contributed by atoms with Crippen molar-refractivity contribution in [1.29, 1.82) is 0 Å². The van der Waals surface area contributed by atoms with E-state index in [4.69, 9.17) is 19.9 Å². The summed E-state index contributed by atoms with van der Waals surface area (Å²) in [6.45, 7) is 3.74. The molecule has 0 bridgehead atoms. The van der Waals surface area contributed by atoms with Crippen LogP contribution in [0.1, 0.15) is 40.1 Å². The Morgan fingerprint density at radius 3 is 2.17 bits per heavy atom. The lowest BCUT2D eigenvalue weighted by Gasteiger charge is -2.13. The number of urea groups is 1. The normalized spacial score (nSPS) is 10.1. The van der Waals surface area contributed by atoms with Gasteiger partial charge in [0.2, 0.25) is 0 Å². The molecular weight excluding hydrogens is 392 g/mol. The van der Waals surface area contributed by atoms with Gasteiger partial charge in [-0.25, -0.2) is 9.59 Å². The first-order chi connectivity index (χ1) is 14.4. The predicted octanol–water partition coefficient (Wildman–Crippen LogP) is 2.07. The molecule has 0 spiro atoms. The van der Waals surface area contributed by atoms with E-state index in [1.54, 1.807) is 35.6 Å². The fourth-order valence-corrected chi connectivity index (χ4v) is 2.59. The van der Waals surface area contributed by atoms with Gasteiger partial charge in [0.1, 0.15) is 0 Å². The van der Waals surface area contributed by atoms with E-state index >= 15 is 0 Å². The molecule has 0 atom stereocenters. The molecule has 0 aliphatic rings. The highest BCUT2D eigenvalue weighted by Gasteiger charge is 2.21. The van der Waals surface area contributed by atoms with Crippen LogP contribution in [-0.2, 0) is 9.53 Å². The number of carbonyl (C=O) groups excluding carboxylic acids is 4. The van der Waals surface area contributed by atoms with Crippen molar-refractivity contribution < 1.29 is 33.4 Å². The summed E-state index contributed by atoms with van der Waals surface area (Å²) in [6.07, 6.45) is 0. The van der Waals surface area contributed by atoms with Crippen molar-refractivity contribution in [1.82, 2.24) is 5.32 Å². The van der Waals surface area contributed by atoms with E-state index in [2.05, 4.69) is 0 Å². The largest absolute Gasteiger partial charge is 0.490 e. The molecule has 2 aromatic rings. The van der Waals surface area contributed by atoms with Crippen molar-refractivity contribution in [3.63, 3.8) is 0 Å². The molecule has 0 heterocycles. The highest BCUT2D eigenvalue weighted by Crippen LogP contribution is 2.30. The molecule has 30 heavy (non-hydrogen) atoms. The van der Waals surface area contributed by atoms with Crippen molar-refractivity contribution in [3.8, 4) is 11.5 Å². The van der Waals surface area contributed by atoms with E-state index in [0.717, 1.165) is 0 Å². The van der Waals surface area contributed by atoms with E-state index in [1.165, 1.54) is 12.1 Å². The van der Waals surface area contributed by atoms with E-state index < -0.39 is 30.3 Å². The van der Waals surface area contributed by atoms with Gasteiger partial charge in [0.25, 0.3) is 5.91 Å². The summed E-state index contributed by atoms with van der Waals surface area (Å²) < 4.78 is 15.9. The van der Waals surface area contributed by atoms with Gasteiger partial charge in [-0.05, 0) is 38.1 Å². The summed E-state index contributed by atoms with van der Waals surface area (Å²) in [5.41, 5.74) is 5.17. The monoisotopic (exact) mass is 414 g/mol. The summed E-state index contributed by atoms with van der Waals surface area (Å²) >= 11 is 0. The third kappa shape index (κ3) is 5.81. The molecular formula is C21H22N2O7. The van der Waals surface area contributed by atoms with Crippen LogP contribution in [0.4, 0.5) is 4.79 Å². The van der Waals surface area contributed by atoms with Gasteiger partial charge in [-0.1, -0.05) is 18.2 Å². The highest BCUT2D eigenvalue weighted by atomic mass is 16.5. The van der Waals surface area contributed by atoms with Gasteiger partial charge in [-0.2, -0.15) is 0 Å². The van der Waals surface area contributed by atoms with Crippen molar-refractivity contribution in [2.75, 3.05) is 19.8 Å². The standard InChI is InChI=1S/C21H22N2O7/c1-3-28-16-10-9-13(11-17(16)29-4-2)19(25)14-7-5-6-8-15(14)20(26)30-12-18(24)23-21(22)27/h5-11H,3-4,12H2,1-2H3,(H3,22,23,24,27). The number of ether oxygens (including phenoxy) is 3. The zero-order valence-corrected chi connectivity index (χ0v) is 16.6. The first kappa shape index (κ1) is 22.4. The zero-order valence-electron chi connectivity index (χ0n) is 16.6. The third-order valence-electron chi connectivity index (χ3n) is 3.79. The van der Waals surface area contributed by atoms with Crippen molar-refractivity contribution in [2.45, 2.75) is 13.8 Å². The average Bonchev–Trinajstić information content (AvgIpc) is 2.72. The molecule has 3 N–H and O–H groups in total. The second-order valence-electron chi connectivity index (χ2n) is 5.89. The molecule has 0 unspecified atom stereocenters. The van der Waals surface area contributed by atoms with Crippen molar-refractivity contribution >= 4 is 23.7 Å². The predicted molar refractivity (Wildman–Crippen MR) is 107 cm³/mol. The van der Waals surface area contributed by atoms with Gasteiger partial charge < -0.3 is 19.9 Å². The Morgan fingerprint density at radius 1 is 0.900 bits per heavy atom. The topological polar surface area (TPSA) is 134 Å². The molecule has 0 fully saturated rings. The number of esters is 1. The molecule has 0 saturated carbocycles. The number of hydrogen-bond acceptors (Lipinski definition) is 7. The van der Waals surface area contributed by atoms with Crippen LogP contribution in [0.3, 0.4) is 0 Å². The number of nitrogens with two attached hydrogens (primary N) is 1. The molecule has 0 saturated heterocycles. The number of amides is 3. The van der Waals surface area contributed by atoms with Gasteiger partial charge in [0, 0.05) is 11.1 Å². The van der Waals surface area contributed by atoms with Gasteiger partial charge >= 0.3 is 12.0 Å². The van der Waals surface area contributed by atoms with Gasteiger partial charge in [-0.3, -0.25) is 14.9 Å². The first-order valence-electron chi connectivity index (χ1n) is 9.17. The smallest absolute Gasteiger partial charge is 0.339 e. The number of imide groups is 1. The zero-order chi connectivity index (χ0) is 22.1. The lowest BCUT2D eigenvalue weighted by atomic mass is 9.98. The van der Waals surface area contributed by atoms with Crippen LogP contribution >= 0.6 is 0 Å². The Balaban J connectivity index is 2.27. The number of ketones is 1. The second kappa shape index (κ2) is 10.6. The van der Waals surface area contributed by atoms with Crippen LogP contribution in [0.5, 0.6) is 11.5 Å². The number of primary amides is 1. The molecule has 0 aliphatic heterocycles. The summed E-state index contributed by atoms with van der Waals surface area (Å²) in [4.78, 5) is 47.5. The maximum absolute atomic E-state index is 13.0. The molecule has 3 amide bonds. The van der Waals surface area contributed by atoms with Crippen LogP contribution in [-0.4, -0.2) is 43.5 Å². The van der Waals surface area contributed by atoms with E-state index in [-0.39, 0.29) is 16.7 Å². The summed E-state index contributed by atoms with van der Waals surface area (Å²) in [6, 6.07) is 9.70. The summed E-state index contributed by atoms with van der Waals surface area (Å²) in [7, 11) is 0. The summed E-state index contributed by atoms with van der Waals surface area (Å²) in [5.74, 6) is -1.30. The van der Waals surface area contributed by atoms with Gasteiger partial charge in [0.05, 0.1) is 18.8 Å². The minimum atomic E-state index is -1.06. The van der Waals surface area contributed by atoms with Crippen LogP contribution in [0.15, 0.2) is 42.5 Å². The van der Waals surface area contributed by atoms with E-state index in [9.17, 15) is 19.2 Å². The Morgan fingerprint density at radius 2 is 1.53 bits per heavy atom. The molecule has 2 aromatic carbocycles. The molecule has 158 valence electrons. The Hall–Kier alpha value is -3.88. The average molecular weight is 414 g/mol. The van der Waals surface area contributed by atoms with Crippen LogP contribution in [0.25, 0.3) is 0 Å². The maximum Gasteiger partial charge on any atom is 0.339 e. The van der Waals surface area contributed by atoms with Gasteiger partial charge in [0.15, 0.2) is 23.9 Å². The van der Waals surface area contributed by atoms with Crippen molar-refractivity contribution in [3.05, 3.63) is 59.2 Å². The number of hydrogen-bond donors (Lipinski definition) is 2. The minimum Gasteiger partial charge on any atom is -0.490 e. The minimum absolute atomic E-state index is 0.0266. The number of nitrogens with one attached hydrogen (secondary N) is 1. The van der Waals surface area contributed by atoms with Crippen LogP contribution in [0, 0.1) is 0 Å². The van der Waals surface area contributed by atoms with Crippen LogP contribution in [0.2, 0.25) is 0 Å². The lowest BCUT2D eigenvalue weighted by molar-refractivity contribution is -0.123. The molecule has 0 radical (unpaired) electrons. The Kier molecular flexibility index (Phi) is 7.92. The number of benzene rings is 2. The van der Waals surface area contributed by atoms with Gasteiger partial charge in [-0.15, -0.1) is 0 Å². The summed E-state index contributed by atoms with van der Waals surface area (Å²) in [5, 5.41) is 1.78. The molecule has 9 nitrogen and oxygen atoms in total. The number of rotatable bonds is 9. The SMILES string of the molecule is CCOc1ccc(C(=O)c2ccccc2C(=O)OCC(=O)NC(N)=O)cc1OCC. The Labute approximate surface area is 173 Å². The molecule has 0 aromatic heterocycles. The number of carbonyl (C=O) groups is 4. The van der Waals surface area contributed by atoms with E-state index in [1.807, 2.05) is 13.8 Å². The first-order valence-corrected chi connectivity index (χ1v) is 9.17. The fourth-order valence-electron chi connectivity index (χ4n) is 2.59. The maximum atomic E-state index is 13.0.